The minimum absolute atomic E-state index is 0.107. The number of fused-ring (bicyclic) bond motifs is 4. The Morgan fingerprint density at radius 3 is 2.90 bits per heavy atom. The van der Waals surface area contributed by atoms with Gasteiger partial charge in [-0.1, -0.05) is 6.07 Å². The van der Waals surface area contributed by atoms with E-state index in [0.29, 0.717) is 6.04 Å². The van der Waals surface area contributed by atoms with Crippen molar-refractivity contribution in [1.29, 1.82) is 0 Å². The molecule has 108 valence electrons. The monoisotopic (exact) mass is 275 g/mol. The number of likely N-dealkylation sites (tertiary alicyclic amines) is 1. The van der Waals surface area contributed by atoms with Crippen molar-refractivity contribution >= 4 is 5.97 Å². The highest BCUT2D eigenvalue weighted by Crippen LogP contribution is 2.46. The molecule has 20 heavy (non-hydrogen) atoms. The summed E-state index contributed by atoms with van der Waals surface area (Å²) in [6.45, 7) is 0.927. The molecule has 1 aromatic rings. The Kier molecular flexibility index (Phi) is 3.21. The molecule has 0 N–H and O–H groups in total. The van der Waals surface area contributed by atoms with E-state index in [1.54, 1.807) is 7.11 Å². The van der Waals surface area contributed by atoms with Crippen molar-refractivity contribution in [3.8, 4) is 5.75 Å². The lowest BCUT2D eigenvalue weighted by Crippen LogP contribution is -2.55. The van der Waals surface area contributed by atoms with Crippen LogP contribution in [0.1, 0.15) is 24.0 Å². The Labute approximate surface area is 119 Å². The molecule has 3 rings (SSSR count). The Balaban J connectivity index is 2.15. The van der Waals surface area contributed by atoms with Crippen LogP contribution in [-0.4, -0.2) is 44.7 Å². The summed E-state index contributed by atoms with van der Waals surface area (Å²) in [6.07, 6.45) is 2.65. The Morgan fingerprint density at radius 2 is 2.20 bits per heavy atom. The lowest BCUT2D eigenvalue weighted by Gasteiger charge is -2.48. The van der Waals surface area contributed by atoms with E-state index in [9.17, 15) is 4.79 Å². The first-order chi connectivity index (χ1) is 9.60. The Bertz CT molecular complexity index is 543. The summed E-state index contributed by atoms with van der Waals surface area (Å²) in [7, 11) is 5.28. The number of ether oxygens (including phenoxy) is 2. The second kappa shape index (κ2) is 4.77. The van der Waals surface area contributed by atoms with Crippen LogP contribution in [0.15, 0.2) is 18.2 Å². The molecule has 2 unspecified atom stereocenters. The zero-order valence-corrected chi connectivity index (χ0v) is 12.3. The van der Waals surface area contributed by atoms with E-state index < -0.39 is 5.41 Å². The molecule has 2 aliphatic rings. The van der Waals surface area contributed by atoms with E-state index >= 15 is 0 Å². The van der Waals surface area contributed by atoms with Crippen molar-refractivity contribution in [2.24, 2.45) is 0 Å². The predicted molar refractivity (Wildman–Crippen MR) is 76.0 cm³/mol. The van der Waals surface area contributed by atoms with Crippen molar-refractivity contribution in [3.05, 3.63) is 29.3 Å². The second-order valence-corrected chi connectivity index (χ2v) is 5.89. The molecule has 1 aromatic carbocycles. The van der Waals surface area contributed by atoms with Gasteiger partial charge in [-0.05, 0) is 56.1 Å². The van der Waals surface area contributed by atoms with E-state index in [2.05, 4.69) is 18.0 Å². The van der Waals surface area contributed by atoms with Gasteiger partial charge in [-0.15, -0.1) is 0 Å². The lowest BCUT2D eigenvalue weighted by atomic mass is 9.64. The number of benzene rings is 1. The fourth-order valence-corrected chi connectivity index (χ4v) is 3.73. The maximum Gasteiger partial charge on any atom is 0.316 e. The summed E-state index contributed by atoms with van der Waals surface area (Å²) in [5.41, 5.74) is 1.86. The van der Waals surface area contributed by atoms with Crippen molar-refractivity contribution in [3.63, 3.8) is 0 Å². The molecular weight excluding hydrogens is 254 g/mol. The third-order valence-electron chi connectivity index (χ3n) is 4.96. The number of rotatable bonds is 2. The summed E-state index contributed by atoms with van der Waals surface area (Å²) in [5.74, 6) is 0.703. The fraction of sp³-hybridized carbons (Fsp3) is 0.562. The minimum atomic E-state index is -0.492. The van der Waals surface area contributed by atoms with Crippen LogP contribution in [0.5, 0.6) is 5.75 Å². The van der Waals surface area contributed by atoms with Gasteiger partial charge in [-0.25, -0.2) is 0 Å². The van der Waals surface area contributed by atoms with Crippen LogP contribution < -0.4 is 4.74 Å². The number of methoxy groups -OCH3 is 2. The molecule has 0 radical (unpaired) electrons. The molecule has 0 spiro atoms. The van der Waals surface area contributed by atoms with E-state index in [4.69, 9.17) is 9.47 Å². The van der Waals surface area contributed by atoms with Gasteiger partial charge in [0.1, 0.15) is 5.75 Å². The zero-order chi connectivity index (χ0) is 14.3. The third-order valence-corrected chi connectivity index (χ3v) is 4.96. The molecule has 0 saturated carbocycles. The quantitative estimate of drug-likeness (QED) is 0.771. The summed E-state index contributed by atoms with van der Waals surface area (Å²) in [5, 5.41) is 0. The molecule has 1 aliphatic heterocycles. The number of piperidine rings is 1. The normalized spacial score (nSPS) is 28.6. The van der Waals surface area contributed by atoms with E-state index in [1.807, 2.05) is 12.1 Å². The number of carbonyl (C=O) groups is 1. The molecule has 4 heteroatoms. The van der Waals surface area contributed by atoms with Crippen LogP contribution in [0, 0.1) is 0 Å². The van der Waals surface area contributed by atoms with Gasteiger partial charge in [-0.3, -0.25) is 4.79 Å². The van der Waals surface area contributed by atoms with Crippen LogP contribution in [0.25, 0.3) is 0 Å². The number of carbonyl (C=O) groups excluding carboxylic acids is 1. The number of hydrogen-bond donors (Lipinski definition) is 0. The van der Waals surface area contributed by atoms with Gasteiger partial charge in [0.15, 0.2) is 0 Å². The first kappa shape index (κ1) is 13.4. The number of likely N-dealkylation sites (N-methyl/N-ethyl adjacent to an activating group) is 1. The highest BCUT2D eigenvalue weighted by molar-refractivity contribution is 5.84. The Hall–Kier alpha value is -1.55. The zero-order valence-electron chi connectivity index (χ0n) is 12.3. The topological polar surface area (TPSA) is 38.8 Å². The summed E-state index contributed by atoms with van der Waals surface area (Å²) in [6, 6.07) is 6.51. The third kappa shape index (κ3) is 1.82. The van der Waals surface area contributed by atoms with Gasteiger partial charge in [-0.2, -0.15) is 0 Å². The van der Waals surface area contributed by atoms with E-state index in [-0.39, 0.29) is 5.97 Å². The van der Waals surface area contributed by atoms with Gasteiger partial charge < -0.3 is 14.4 Å². The van der Waals surface area contributed by atoms with Gasteiger partial charge in [0.25, 0.3) is 0 Å². The molecule has 1 fully saturated rings. The van der Waals surface area contributed by atoms with Gasteiger partial charge in [0.2, 0.25) is 0 Å². The molecule has 4 nitrogen and oxygen atoms in total. The first-order valence-corrected chi connectivity index (χ1v) is 7.07. The number of esters is 1. The SMILES string of the molecule is COC(=O)C12CCN(C)C(Cc3ccc(OC)cc31)C2. The molecule has 1 aliphatic carbocycles. The second-order valence-electron chi connectivity index (χ2n) is 5.89. The first-order valence-electron chi connectivity index (χ1n) is 7.07. The van der Waals surface area contributed by atoms with Crippen LogP contribution in [0.3, 0.4) is 0 Å². The standard InChI is InChI=1S/C16H21NO3/c1-17-7-6-16(15(18)20-3)10-12(17)8-11-4-5-13(19-2)9-14(11)16/h4-5,9,12H,6-8,10H2,1-3H3. The highest BCUT2D eigenvalue weighted by atomic mass is 16.5. The highest BCUT2D eigenvalue weighted by Gasteiger charge is 2.50. The van der Waals surface area contributed by atoms with Crippen molar-refractivity contribution < 1.29 is 14.3 Å². The molecule has 0 aromatic heterocycles. The lowest BCUT2D eigenvalue weighted by molar-refractivity contribution is -0.151. The molecule has 1 saturated heterocycles. The average Bonchev–Trinajstić information content (AvgIpc) is 2.49. The minimum Gasteiger partial charge on any atom is -0.497 e. The fourth-order valence-electron chi connectivity index (χ4n) is 3.73. The van der Waals surface area contributed by atoms with Gasteiger partial charge in [0.05, 0.1) is 19.6 Å². The number of nitrogens with zero attached hydrogens (tertiary/aromatic N) is 1. The van der Waals surface area contributed by atoms with E-state index in [0.717, 1.165) is 37.1 Å². The summed E-state index contributed by atoms with van der Waals surface area (Å²) in [4.78, 5) is 14.8. The van der Waals surface area contributed by atoms with Crippen LogP contribution >= 0.6 is 0 Å². The van der Waals surface area contributed by atoms with Crippen LogP contribution in [0.2, 0.25) is 0 Å². The predicted octanol–water partition coefficient (Wildman–Crippen LogP) is 1.76. The summed E-state index contributed by atoms with van der Waals surface area (Å²) >= 11 is 0. The van der Waals surface area contributed by atoms with Crippen molar-refractivity contribution in [1.82, 2.24) is 4.90 Å². The van der Waals surface area contributed by atoms with Gasteiger partial charge >= 0.3 is 5.97 Å². The van der Waals surface area contributed by atoms with E-state index in [1.165, 1.54) is 12.7 Å². The number of hydrogen-bond acceptors (Lipinski definition) is 4. The molecule has 1 heterocycles. The maximum absolute atomic E-state index is 12.5. The van der Waals surface area contributed by atoms with Crippen LogP contribution in [-0.2, 0) is 21.4 Å². The molecular formula is C16H21NO3. The average molecular weight is 275 g/mol. The van der Waals surface area contributed by atoms with Crippen molar-refractivity contribution in [2.45, 2.75) is 30.7 Å². The maximum atomic E-state index is 12.5. The largest absolute Gasteiger partial charge is 0.497 e. The molecule has 2 atom stereocenters. The van der Waals surface area contributed by atoms with Crippen molar-refractivity contribution in [2.75, 3.05) is 27.8 Å². The molecule has 0 amide bonds. The summed E-state index contributed by atoms with van der Waals surface area (Å²) < 4.78 is 10.5. The van der Waals surface area contributed by atoms with Gasteiger partial charge in [0, 0.05) is 6.04 Å². The molecule has 2 bridgehead atoms. The Morgan fingerprint density at radius 1 is 1.40 bits per heavy atom. The smallest absolute Gasteiger partial charge is 0.316 e. The van der Waals surface area contributed by atoms with Crippen LogP contribution in [0.4, 0.5) is 0 Å².